The molecule has 19 heavy (non-hydrogen) atoms. The standard InChI is InChI=1S/C15H21NO3/c1-6-16(15(4,5)14(18)19)13(17)12-8-7-10(2)9-11(12)3/h7-9H,6H2,1-5H3,(H,18,19). The molecule has 0 fully saturated rings. The second-order valence-electron chi connectivity index (χ2n) is 5.23. The number of amides is 1. The second kappa shape index (κ2) is 5.43. The third-order valence-corrected chi connectivity index (χ3v) is 3.37. The maximum atomic E-state index is 12.5. The van der Waals surface area contributed by atoms with Gasteiger partial charge in [-0.3, -0.25) is 4.79 Å². The van der Waals surface area contributed by atoms with E-state index in [0.717, 1.165) is 11.1 Å². The largest absolute Gasteiger partial charge is 0.480 e. The zero-order chi connectivity index (χ0) is 14.8. The fourth-order valence-corrected chi connectivity index (χ4v) is 2.11. The molecule has 0 aliphatic heterocycles. The lowest BCUT2D eigenvalue weighted by Crippen LogP contribution is -2.53. The van der Waals surface area contributed by atoms with Crippen molar-refractivity contribution in [1.29, 1.82) is 0 Å². The molecule has 104 valence electrons. The molecule has 0 atom stereocenters. The predicted molar refractivity (Wildman–Crippen MR) is 74.3 cm³/mol. The number of benzene rings is 1. The van der Waals surface area contributed by atoms with Crippen molar-refractivity contribution >= 4 is 11.9 Å². The number of likely N-dealkylation sites (N-methyl/N-ethyl adjacent to an activating group) is 1. The Morgan fingerprint density at radius 1 is 1.26 bits per heavy atom. The van der Waals surface area contributed by atoms with Gasteiger partial charge in [-0.25, -0.2) is 4.79 Å². The summed E-state index contributed by atoms with van der Waals surface area (Å²) in [6, 6.07) is 5.55. The SMILES string of the molecule is CCN(C(=O)c1ccc(C)cc1C)C(C)(C)C(=O)O. The highest BCUT2D eigenvalue weighted by atomic mass is 16.4. The molecule has 0 saturated heterocycles. The first-order valence-corrected chi connectivity index (χ1v) is 6.34. The number of aliphatic carboxylic acids is 1. The van der Waals surface area contributed by atoms with Gasteiger partial charge in [0, 0.05) is 12.1 Å². The molecule has 0 heterocycles. The van der Waals surface area contributed by atoms with E-state index >= 15 is 0 Å². The van der Waals surface area contributed by atoms with Gasteiger partial charge in [-0.15, -0.1) is 0 Å². The molecule has 0 aromatic heterocycles. The minimum Gasteiger partial charge on any atom is -0.480 e. The van der Waals surface area contributed by atoms with E-state index in [9.17, 15) is 14.7 Å². The van der Waals surface area contributed by atoms with Crippen LogP contribution < -0.4 is 0 Å². The summed E-state index contributed by atoms with van der Waals surface area (Å²) in [6.07, 6.45) is 0. The van der Waals surface area contributed by atoms with Crippen molar-refractivity contribution < 1.29 is 14.7 Å². The van der Waals surface area contributed by atoms with Crippen molar-refractivity contribution in [3.63, 3.8) is 0 Å². The summed E-state index contributed by atoms with van der Waals surface area (Å²) < 4.78 is 0. The molecule has 4 nitrogen and oxygen atoms in total. The van der Waals surface area contributed by atoms with Gasteiger partial charge in [0.1, 0.15) is 5.54 Å². The van der Waals surface area contributed by atoms with Crippen molar-refractivity contribution in [2.45, 2.75) is 40.2 Å². The van der Waals surface area contributed by atoms with Crippen LogP contribution in [0.25, 0.3) is 0 Å². The number of carboxylic acid groups (broad SMARTS) is 1. The summed E-state index contributed by atoms with van der Waals surface area (Å²) in [6.45, 7) is 9.04. The molecule has 0 radical (unpaired) electrons. The monoisotopic (exact) mass is 263 g/mol. The van der Waals surface area contributed by atoms with Crippen LogP contribution in [0.1, 0.15) is 42.3 Å². The van der Waals surface area contributed by atoms with Crippen LogP contribution in [0.2, 0.25) is 0 Å². The maximum Gasteiger partial charge on any atom is 0.329 e. The summed E-state index contributed by atoms with van der Waals surface area (Å²) >= 11 is 0. The van der Waals surface area contributed by atoms with Crippen LogP contribution in [0.15, 0.2) is 18.2 Å². The Balaban J connectivity index is 3.19. The van der Waals surface area contributed by atoms with Crippen LogP contribution in [-0.4, -0.2) is 34.0 Å². The smallest absolute Gasteiger partial charge is 0.329 e. The molecule has 0 spiro atoms. The Labute approximate surface area is 114 Å². The number of hydrogen-bond donors (Lipinski definition) is 1. The molecule has 1 aromatic rings. The number of carbonyl (C=O) groups excluding carboxylic acids is 1. The first kappa shape index (κ1) is 15.2. The zero-order valence-electron chi connectivity index (χ0n) is 12.2. The van der Waals surface area contributed by atoms with Gasteiger partial charge < -0.3 is 10.0 Å². The van der Waals surface area contributed by atoms with Crippen molar-refractivity contribution in [3.8, 4) is 0 Å². The van der Waals surface area contributed by atoms with Crippen LogP contribution in [0.3, 0.4) is 0 Å². The summed E-state index contributed by atoms with van der Waals surface area (Å²) in [5.74, 6) is -1.25. The molecule has 1 aromatic carbocycles. The Morgan fingerprint density at radius 2 is 1.84 bits per heavy atom. The lowest BCUT2D eigenvalue weighted by atomic mass is 9.99. The van der Waals surface area contributed by atoms with Crippen LogP contribution in [-0.2, 0) is 4.79 Å². The van der Waals surface area contributed by atoms with E-state index in [-0.39, 0.29) is 5.91 Å². The van der Waals surface area contributed by atoms with Crippen molar-refractivity contribution in [1.82, 2.24) is 4.90 Å². The van der Waals surface area contributed by atoms with Crippen molar-refractivity contribution in [2.24, 2.45) is 0 Å². The molecular weight excluding hydrogens is 242 g/mol. The molecule has 1 rings (SSSR count). The molecule has 4 heteroatoms. The van der Waals surface area contributed by atoms with Gasteiger partial charge in [0.2, 0.25) is 0 Å². The minimum absolute atomic E-state index is 0.243. The fourth-order valence-electron chi connectivity index (χ4n) is 2.11. The van der Waals surface area contributed by atoms with Crippen LogP contribution in [0, 0.1) is 13.8 Å². The number of nitrogens with zero attached hydrogens (tertiary/aromatic N) is 1. The van der Waals surface area contributed by atoms with Gasteiger partial charge in [-0.1, -0.05) is 17.7 Å². The van der Waals surface area contributed by atoms with Crippen LogP contribution >= 0.6 is 0 Å². The molecule has 1 amide bonds. The highest BCUT2D eigenvalue weighted by Gasteiger charge is 2.37. The lowest BCUT2D eigenvalue weighted by molar-refractivity contribution is -0.147. The number of rotatable bonds is 4. The summed E-state index contributed by atoms with van der Waals surface area (Å²) in [5.41, 5.74) is 1.28. The lowest BCUT2D eigenvalue weighted by Gasteiger charge is -2.34. The number of hydrogen-bond acceptors (Lipinski definition) is 2. The number of aryl methyl sites for hydroxylation is 2. The molecule has 1 N–H and O–H groups in total. The first-order valence-electron chi connectivity index (χ1n) is 6.34. The Hall–Kier alpha value is -1.84. The number of carbonyl (C=O) groups is 2. The molecule has 0 aliphatic carbocycles. The zero-order valence-corrected chi connectivity index (χ0v) is 12.2. The van der Waals surface area contributed by atoms with E-state index in [1.165, 1.54) is 4.90 Å². The average Bonchev–Trinajstić information content (AvgIpc) is 2.28. The van der Waals surface area contributed by atoms with E-state index in [0.29, 0.717) is 12.1 Å². The second-order valence-corrected chi connectivity index (χ2v) is 5.23. The molecule has 0 saturated carbocycles. The average molecular weight is 263 g/mol. The molecule has 0 aliphatic rings. The fraction of sp³-hybridized carbons (Fsp3) is 0.467. The van der Waals surface area contributed by atoms with Gasteiger partial charge in [-0.2, -0.15) is 0 Å². The van der Waals surface area contributed by atoms with Gasteiger partial charge in [0.15, 0.2) is 0 Å². The van der Waals surface area contributed by atoms with Gasteiger partial charge >= 0.3 is 5.97 Å². The maximum absolute atomic E-state index is 12.5. The van der Waals surface area contributed by atoms with E-state index in [2.05, 4.69) is 0 Å². The highest BCUT2D eigenvalue weighted by molar-refractivity contribution is 5.98. The molecule has 0 unspecified atom stereocenters. The van der Waals surface area contributed by atoms with Crippen molar-refractivity contribution in [3.05, 3.63) is 34.9 Å². The summed E-state index contributed by atoms with van der Waals surface area (Å²) in [5, 5.41) is 9.26. The normalized spacial score (nSPS) is 11.2. The van der Waals surface area contributed by atoms with Gasteiger partial charge in [0.05, 0.1) is 0 Å². The molecule has 0 bridgehead atoms. The van der Waals surface area contributed by atoms with E-state index in [4.69, 9.17) is 0 Å². The predicted octanol–water partition coefficient (Wildman–Crippen LogP) is 2.63. The van der Waals surface area contributed by atoms with E-state index < -0.39 is 11.5 Å². The van der Waals surface area contributed by atoms with Crippen molar-refractivity contribution in [2.75, 3.05) is 6.54 Å². The third kappa shape index (κ3) is 2.95. The van der Waals surface area contributed by atoms with Gasteiger partial charge in [0.25, 0.3) is 5.91 Å². The van der Waals surface area contributed by atoms with E-state index in [1.807, 2.05) is 26.0 Å². The molecular formula is C15H21NO3. The minimum atomic E-state index is -1.22. The quantitative estimate of drug-likeness (QED) is 0.908. The highest BCUT2D eigenvalue weighted by Crippen LogP contribution is 2.20. The Bertz CT molecular complexity index is 506. The van der Waals surface area contributed by atoms with Gasteiger partial charge in [-0.05, 0) is 46.2 Å². The summed E-state index contributed by atoms with van der Waals surface area (Å²) in [4.78, 5) is 25.2. The van der Waals surface area contributed by atoms with Crippen LogP contribution in [0.5, 0.6) is 0 Å². The first-order chi connectivity index (χ1) is 8.71. The third-order valence-electron chi connectivity index (χ3n) is 3.37. The van der Waals surface area contributed by atoms with Crippen LogP contribution in [0.4, 0.5) is 0 Å². The Kier molecular flexibility index (Phi) is 4.35. The topological polar surface area (TPSA) is 57.6 Å². The number of carboxylic acids is 1. The summed E-state index contributed by atoms with van der Waals surface area (Å²) in [7, 11) is 0. The Morgan fingerprint density at radius 3 is 2.26 bits per heavy atom. The van der Waals surface area contributed by atoms with E-state index in [1.54, 1.807) is 26.8 Å².